The van der Waals surface area contributed by atoms with Gasteiger partial charge >= 0.3 is 0 Å². The number of nitrogens with two attached hydrogens (primary N) is 1. The molecular formula is C17H26N4O3S. The van der Waals surface area contributed by atoms with E-state index in [2.05, 4.69) is 15.0 Å². The number of benzene rings is 1. The smallest absolute Gasteiger partial charge is 0.263 e. The Morgan fingerprint density at radius 1 is 1.24 bits per heavy atom. The molecule has 0 fully saturated rings. The van der Waals surface area contributed by atoms with Crippen molar-refractivity contribution in [2.45, 2.75) is 50.0 Å². The fourth-order valence-electron chi connectivity index (χ4n) is 2.43. The lowest BCUT2D eigenvalue weighted by Gasteiger charge is -2.18. The molecule has 138 valence electrons. The largest absolute Gasteiger partial charge is 0.354 e. The number of aliphatic imine (C=N–C) groups is 1. The summed E-state index contributed by atoms with van der Waals surface area (Å²) in [5, 5.41) is 2.81. The number of fused-ring (bicyclic) bond motifs is 1. The summed E-state index contributed by atoms with van der Waals surface area (Å²) in [6.07, 6.45) is 2.87. The Bertz CT molecular complexity index is 751. The van der Waals surface area contributed by atoms with Gasteiger partial charge in [0.1, 0.15) is 5.84 Å². The van der Waals surface area contributed by atoms with Gasteiger partial charge in [-0.2, -0.15) is 0 Å². The van der Waals surface area contributed by atoms with Crippen molar-refractivity contribution in [3.8, 4) is 0 Å². The molecular weight excluding hydrogens is 340 g/mol. The fourth-order valence-corrected chi connectivity index (χ4v) is 3.68. The first-order chi connectivity index (χ1) is 11.7. The zero-order chi connectivity index (χ0) is 18.5. The quantitative estimate of drug-likeness (QED) is 0.599. The van der Waals surface area contributed by atoms with E-state index in [1.165, 1.54) is 0 Å². The fraction of sp³-hybridized carbons (Fsp3) is 0.529. The van der Waals surface area contributed by atoms with Crippen molar-refractivity contribution < 1.29 is 13.2 Å². The van der Waals surface area contributed by atoms with Gasteiger partial charge in [-0.15, -0.1) is 0 Å². The molecule has 0 saturated carbocycles. The van der Waals surface area contributed by atoms with Gasteiger partial charge in [0.15, 0.2) is 0 Å². The first-order valence-electron chi connectivity index (χ1n) is 8.41. The molecule has 0 spiro atoms. The van der Waals surface area contributed by atoms with E-state index in [0.717, 1.165) is 19.3 Å². The minimum atomic E-state index is -3.48. The van der Waals surface area contributed by atoms with Gasteiger partial charge in [-0.1, -0.05) is 18.6 Å². The Morgan fingerprint density at radius 3 is 2.68 bits per heavy atom. The van der Waals surface area contributed by atoms with E-state index in [-0.39, 0.29) is 10.8 Å². The number of carbonyl (C=O) groups is 1. The molecule has 0 atom stereocenters. The Morgan fingerprint density at radius 2 is 1.96 bits per heavy atom. The Kier molecular flexibility index (Phi) is 6.18. The zero-order valence-electron chi connectivity index (χ0n) is 14.7. The van der Waals surface area contributed by atoms with Crippen LogP contribution in [-0.4, -0.2) is 38.8 Å². The number of nitrogens with one attached hydrogen (secondary N) is 2. The molecule has 0 aliphatic carbocycles. The van der Waals surface area contributed by atoms with E-state index in [1.807, 2.05) is 13.8 Å². The lowest BCUT2D eigenvalue weighted by atomic mass is 10.1. The third-order valence-electron chi connectivity index (χ3n) is 3.74. The average molecular weight is 366 g/mol. The summed E-state index contributed by atoms with van der Waals surface area (Å²) in [5.74, 6) is 0.404. The van der Waals surface area contributed by atoms with Gasteiger partial charge in [0.2, 0.25) is 5.91 Å². The van der Waals surface area contributed by atoms with Crippen molar-refractivity contribution in [2.75, 3.05) is 13.1 Å². The summed E-state index contributed by atoms with van der Waals surface area (Å²) < 4.78 is 26.4. The maximum atomic E-state index is 12.0. The van der Waals surface area contributed by atoms with Crippen LogP contribution in [0, 0.1) is 0 Å². The van der Waals surface area contributed by atoms with Crippen LogP contribution in [0.15, 0.2) is 34.2 Å². The van der Waals surface area contributed by atoms with E-state index in [4.69, 9.17) is 5.73 Å². The molecule has 8 heteroatoms. The highest BCUT2D eigenvalue weighted by Crippen LogP contribution is 2.22. The number of amidine groups is 1. The van der Waals surface area contributed by atoms with Crippen molar-refractivity contribution >= 4 is 21.8 Å². The molecule has 0 unspecified atom stereocenters. The number of sulfonamides is 1. The van der Waals surface area contributed by atoms with Crippen molar-refractivity contribution in [1.82, 2.24) is 10.0 Å². The number of unbranched alkanes of at least 4 members (excludes halogenated alkanes) is 2. The van der Waals surface area contributed by atoms with E-state index in [9.17, 15) is 13.2 Å². The monoisotopic (exact) mass is 366 g/mol. The van der Waals surface area contributed by atoms with Crippen LogP contribution in [0.25, 0.3) is 0 Å². The highest BCUT2D eigenvalue weighted by Gasteiger charge is 2.29. The molecule has 1 aliphatic heterocycles. The van der Waals surface area contributed by atoms with E-state index >= 15 is 0 Å². The number of hydrogen-bond donors (Lipinski definition) is 3. The molecule has 1 amide bonds. The lowest BCUT2D eigenvalue weighted by Crippen LogP contribution is -2.45. The van der Waals surface area contributed by atoms with Crippen LogP contribution in [0.1, 0.15) is 45.1 Å². The molecule has 4 N–H and O–H groups in total. The maximum absolute atomic E-state index is 12.0. The molecule has 1 aromatic carbocycles. The summed E-state index contributed by atoms with van der Waals surface area (Å²) in [7, 11) is -3.48. The molecule has 1 aromatic rings. The summed E-state index contributed by atoms with van der Waals surface area (Å²) in [6.45, 7) is 4.70. The van der Waals surface area contributed by atoms with Crippen molar-refractivity contribution in [3.63, 3.8) is 0 Å². The van der Waals surface area contributed by atoms with Crippen LogP contribution in [-0.2, 0) is 14.8 Å². The molecule has 0 radical (unpaired) electrons. The van der Waals surface area contributed by atoms with Crippen LogP contribution < -0.4 is 15.8 Å². The summed E-state index contributed by atoms with van der Waals surface area (Å²) in [5.41, 5.74) is 6.02. The lowest BCUT2D eigenvalue weighted by molar-refractivity contribution is -0.121. The Balaban J connectivity index is 1.72. The average Bonchev–Trinajstić information content (AvgIpc) is 2.79. The van der Waals surface area contributed by atoms with E-state index in [1.54, 1.807) is 24.3 Å². The van der Waals surface area contributed by atoms with E-state index in [0.29, 0.717) is 30.9 Å². The van der Waals surface area contributed by atoms with Gasteiger partial charge in [0.05, 0.1) is 4.90 Å². The highest BCUT2D eigenvalue weighted by molar-refractivity contribution is 7.90. The minimum Gasteiger partial charge on any atom is -0.354 e. The summed E-state index contributed by atoms with van der Waals surface area (Å²) >= 11 is 0. The summed E-state index contributed by atoms with van der Waals surface area (Å²) in [4.78, 5) is 16.3. The van der Waals surface area contributed by atoms with Gasteiger partial charge in [0.25, 0.3) is 10.0 Å². The van der Waals surface area contributed by atoms with Crippen LogP contribution in [0.2, 0.25) is 0 Å². The van der Waals surface area contributed by atoms with E-state index < -0.39 is 15.6 Å². The molecule has 1 heterocycles. The first-order valence-corrected chi connectivity index (χ1v) is 9.90. The topological polar surface area (TPSA) is 114 Å². The SMILES string of the molecule is CC(C)(N)CNC(=O)CCCCCN=C1NS(=O)(=O)c2ccccc21. The number of hydrogen-bond acceptors (Lipinski definition) is 5. The normalized spacial score (nSPS) is 17.2. The third-order valence-corrected chi connectivity index (χ3v) is 5.13. The molecule has 1 aliphatic rings. The first kappa shape index (κ1) is 19.4. The minimum absolute atomic E-state index is 0.00215. The van der Waals surface area contributed by atoms with Crippen molar-refractivity contribution in [3.05, 3.63) is 29.8 Å². The van der Waals surface area contributed by atoms with Crippen LogP contribution in [0.5, 0.6) is 0 Å². The zero-order valence-corrected chi connectivity index (χ0v) is 15.5. The predicted molar refractivity (Wildman–Crippen MR) is 97.9 cm³/mol. The second-order valence-corrected chi connectivity index (χ2v) is 8.56. The van der Waals surface area contributed by atoms with Crippen molar-refractivity contribution in [2.24, 2.45) is 10.7 Å². The molecule has 0 saturated heterocycles. The summed E-state index contributed by atoms with van der Waals surface area (Å²) in [6, 6.07) is 6.80. The van der Waals surface area contributed by atoms with Crippen LogP contribution >= 0.6 is 0 Å². The van der Waals surface area contributed by atoms with Crippen LogP contribution in [0.4, 0.5) is 0 Å². The molecule has 0 aromatic heterocycles. The molecule has 7 nitrogen and oxygen atoms in total. The number of amides is 1. The molecule has 0 bridgehead atoms. The molecule has 2 rings (SSSR count). The highest BCUT2D eigenvalue weighted by atomic mass is 32.2. The van der Waals surface area contributed by atoms with Crippen LogP contribution in [0.3, 0.4) is 0 Å². The molecule has 25 heavy (non-hydrogen) atoms. The third kappa shape index (κ3) is 5.82. The second-order valence-electron chi connectivity index (χ2n) is 6.91. The standard InChI is InChI=1S/C17H26N4O3S/c1-17(2,18)12-20-15(22)10-4-3-7-11-19-16-13-8-5-6-9-14(13)25(23,24)21-16/h5-6,8-9H,3-4,7,10-12,18H2,1-2H3,(H,19,21)(H,20,22). The van der Waals surface area contributed by atoms with Crippen molar-refractivity contribution in [1.29, 1.82) is 0 Å². The Labute approximate surface area is 149 Å². The second kappa shape index (κ2) is 7.97. The number of nitrogens with zero attached hydrogens (tertiary/aromatic N) is 1. The van der Waals surface area contributed by atoms with Gasteiger partial charge in [-0.05, 0) is 38.8 Å². The van der Waals surface area contributed by atoms with Gasteiger partial charge in [0, 0.05) is 30.6 Å². The van der Waals surface area contributed by atoms with Gasteiger partial charge < -0.3 is 11.1 Å². The predicted octanol–water partition coefficient (Wildman–Crippen LogP) is 1.14. The number of rotatable bonds is 8. The van der Waals surface area contributed by atoms with Gasteiger partial charge in [-0.3, -0.25) is 14.5 Å². The maximum Gasteiger partial charge on any atom is 0.263 e. The Hall–Kier alpha value is -1.93. The van der Waals surface area contributed by atoms with Gasteiger partial charge in [-0.25, -0.2) is 8.42 Å². The number of carbonyl (C=O) groups excluding carboxylic acids is 1.